The SMILES string of the molecule is COc1cc(-c2nccc(-c3cccc(-c4ccc(CN(CC5CCC(=O)N5)C(=O)OCC(C)C)c(OC)n4)c3Cl)c2Cl)ccc1C=O. The van der Waals surface area contributed by atoms with Gasteiger partial charge in [0.1, 0.15) is 5.75 Å². The molecule has 0 radical (unpaired) electrons. The zero-order valence-electron chi connectivity index (χ0n) is 27.1. The van der Waals surface area contributed by atoms with Gasteiger partial charge in [0.25, 0.3) is 0 Å². The van der Waals surface area contributed by atoms with Gasteiger partial charge in [-0.3, -0.25) is 14.6 Å². The van der Waals surface area contributed by atoms with Crippen LogP contribution >= 0.6 is 23.2 Å². The molecule has 250 valence electrons. The van der Waals surface area contributed by atoms with Gasteiger partial charge in [0.15, 0.2) is 6.29 Å². The summed E-state index contributed by atoms with van der Waals surface area (Å²) in [4.78, 5) is 47.2. The van der Waals surface area contributed by atoms with E-state index >= 15 is 0 Å². The van der Waals surface area contributed by atoms with E-state index < -0.39 is 6.09 Å². The van der Waals surface area contributed by atoms with Gasteiger partial charge < -0.3 is 24.4 Å². The number of ether oxygens (including phenoxy) is 3. The minimum absolute atomic E-state index is 0.0315. The van der Waals surface area contributed by atoms with E-state index in [0.717, 1.165) is 6.29 Å². The molecular weight excluding hydrogens is 655 g/mol. The van der Waals surface area contributed by atoms with Gasteiger partial charge in [-0.2, -0.15) is 0 Å². The maximum Gasteiger partial charge on any atom is 0.410 e. The zero-order chi connectivity index (χ0) is 34.4. The summed E-state index contributed by atoms with van der Waals surface area (Å²) in [5.41, 5.74) is 4.79. The van der Waals surface area contributed by atoms with Gasteiger partial charge in [-0.1, -0.05) is 61.3 Å². The lowest BCUT2D eigenvalue weighted by molar-refractivity contribution is -0.119. The Morgan fingerprint density at radius 3 is 2.50 bits per heavy atom. The monoisotopic (exact) mass is 690 g/mol. The van der Waals surface area contributed by atoms with Crippen molar-refractivity contribution in [2.45, 2.75) is 39.3 Å². The number of hydrogen-bond acceptors (Lipinski definition) is 8. The summed E-state index contributed by atoms with van der Waals surface area (Å²) in [6, 6.07) is 16.0. The van der Waals surface area contributed by atoms with Crippen LogP contribution in [0.15, 0.2) is 60.8 Å². The fourth-order valence-corrected chi connectivity index (χ4v) is 6.13. The van der Waals surface area contributed by atoms with E-state index in [4.69, 9.17) is 42.4 Å². The van der Waals surface area contributed by atoms with Crippen molar-refractivity contribution >= 4 is 41.5 Å². The predicted octanol–water partition coefficient (Wildman–Crippen LogP) is 7.49. The minimum Gasteiger partial charge on any atom is -0.496 e. The minimum atomic E-state index is -0.474. The molecule has 1 atom stereocenters. The van der Waals surface area contributed by atoms with E-state index in [1.165, 1.54) is 14.2 Å². The number of amides is 2. The van der Waals surface area contributed by atoms with Crippen LogP contribution in [0.5, 0.6) is 11.6 Å². The normalized spacial score (nSPS) is 14.1. The molecule has 1 aliphatic rings. The standard InChI is InChI=1S/C36H36Cl2N4O6/c1-21(2)20-48-36(45)42(18-25-11-13-31(44)40-25)17-23-10-12-29(41-35(23)47-4)28-7-5-6-26(32(28)37)27-14-15-39-34(33(27)38)22-8-9-24(19-43)30(16-22)46-3/h5-10,12,14-16,19,21,25H,11,13,17-18,20H2,1-4H3,(H,40,44). The third-order valence-electron chi connectivity index (χ3n) is 7.91. The Bertz CT molecular complexity index is 1830. The zero-order valence-corrected chi connectivity index (χ0v) is 28.6. The fraction of sp³-hybridized carbons (Fsp3) is 0.306. The van der Waals surface area contributed by atoms with E-state index in [9.17, 15) is 14.4 Å². The molecule has 0 saturated carbocycles. The number of nitrogens with one attached hydrogen (secondary N) is 1. The first-order valence-corrected chi connectivity index (χ1v) is 16.2. The van der Waals surface area contributed by atoms with Crippen molar-refractivity contribution in [2.75, 3.05) is 27.4 Å². The largest absolute Gasteiger partial charge is 0.496 e. The van der Waals surface area contributed by atoms with Gasteiger partial charge in [0.05, 0.1) is 54.4 Å². The maximum absolute atomic E-state index is 13.1. The highest BCUT2D eigenvalue weighted by Crippen LogP contribution is 2.42. The number of methoxy groups -OCH3 is 2. The van der Waals surface area contributed by atoms with Crippen molar-refractivity contribution in [2.24, 2.45) is 5.92 Å². The molecule has 1 aliphatic heterocycles. The number of rotatable bonds is 12. The lowest BCUT2D eigenvalue weighted by Crippen LogP contribution is -2.42. The van der Waals surface area contributed by atoms with Crippen LogP contribution in [0, 0.1) is 5.92 Å². The summed E-state index contributed by atoms with van der Waals surface area (Å²) in [5.74, 6) is 0.874. The molecule has 48 heavy (non-hydrogen) atoms. The van der Waals surface area contributed by atoms with Crippen LogP contribution in [0.4, 0.5) is 4.79 Å². The van der Waals surface area contributed by atoms with Crippen molar-refractivity contribution in [3.05, 3.63) is 82.0 Å². The van der Waals surface area contributed by atoms with Crippen molar-refractivity contribution in [3.63, 3.8) is 0 Å². The Morgan fingerprint density at radius 2 is 1.81 bits per heavy atom. The summed E-state index contributed by atoms with van der Waals surface area (Å²) >= 11 is 14.0. The number of nitrogens with zero attached hydrogens (tertiary/aromatic N) is 3. The number of aromatic nitrogens is 2. The van der Waals surface area contributed by atoms with Crippen molar-refractivity contribution in [1.82, 2.24) is 20.2 Å². The van der Waals surface area contributed by atoms with E-state index in [2.05, 4.69) is 10.3 Å². The number of hydrogen-bond donors (Lipinski definition) is 1. The fourth-order valence-electron chi connectivity index (χ4n) is 5.48. The van der Waals surface area contributed by atoms with Gasteiger partial charge in [-0.15, -0.1) is 0 Å². The second kappa shape index (κ2) is 15.5. The highest BCUT2D eigenvalue weighted by Gasteiger charge is 2.27. The second-order valence-electron chi connectivity index (χ2n) is 11.8. The van der Waals surface area contributed by atoms with Gasteiger partial charge in [-0.25, -0.2) is 9.78 Å². The van der Waals surface area contributed by atoms with Crippen LogP contribution in [-0.4, -0.2) is 66.6 Å². The van der Waals surface area contributed by atoms with E-state index in [1.54, 1.807) is 35.4 Å². The maximum atomic E-state index is 13.1. The Hall–Kier alpha value is -4.67. The Morgan fingerprint density at radius 1 is 1.04 bits per heavy atom. The van der Waals surface area contributed by atoms with Crippen LogP contribution in [0.3, 0.4) is 0 Å². The lowest BCUT2D eigenvalue weighted by atomic mass is 9.99. The molecule has 2 aromatic carbocycles. The number of benzene rings is 2. The quantitative estimate of drug-likeness (QED) is 0.152. The number of halogens is 2. The number of pyridine rings is 2. The molecule has 5 rings (SSSR count). The van der Waals surface area contributed by atoms with Gasteiger partial charge >= 0.3 is 6.09 Å². The molecule has 3 heterocycles. The highest BCUT2D eigenvalue weighted by atomic mass is 35.5. The van der Waals surface area contributed by atoms with Crippen molar-refractivity contribution < 1.29 is 28.6 Å². The molecule has 2 aromatic heterocycles. The summed E-state index contributed by atoms with van der Waals surface area (Å²) in [6.45, 7) is 4.67. The van der Waals surface area contributed by atoms with E-state index in [0.29, 0.717) is 85.8 Å². The molecule has 2 amide bonds. The Balaban J connectivity index is 1.45. The average Bonchev–Trinajstić information content (AvgIpc) is 3.51. The molecule has 1 fully saturated rings. The third kappa shape index (κ3) is 7.72. The van der Waals surface area contributed by atoms with E-state index in [-0.39, 0.29) is 31.0 Å². The smallest absolute Gasteiger partial charge is 0.410 e. The molecule has 4 aromatic rings. The lowest BCUT2D eigenvalue weighted by Gasteiger charge is -2.26. The molecule has 0 spiro atoms. The molecule has 0 bridgehead atoms. The topological polar surface area (TPSA) is 120 Å². The molecule has 10 nitrogen and oxygen atoms in total. The molecule has 12 heteroatoms. The third-order valence-corrected chi connectivity index (χ3v) is 8.70. The van der Waals surface area contributed by atoms with Crippen LogP contribution in [0.25, 0.3) is 33.6 Å². The number of carbonyl (C=O) groups is 3. The van der Waals surface area contributed by atoms with Crippen LogP contribution in [0.1, 0.15) is 42.6 Å². The van der Waals surface area contributed by atoms with Crippen LogP contribution in [0.2, 0.25) is 10.0 Å². The van der Waals surface area contributed by atoms with Crippen molar-refractivity contribution in [3.8, 4) is 45.3 Å². The highest BCUT2D eigenvalue weighted by molar-refractivity contribution is 6.39. The van der Waals surface area contributed by atoms with Gasteiger partial charge in [-0.05, 0) is 42.7 Å². The average molecular weight is 692 g/mol. The van der Waals surface area contributed by atoms with Crippen LogP contribution < -0.4 is 14.8 Å². The molecule has 1 unspecified atom stereocenters. The second-order valence-corrected chi connectivity index (χ2v) is 12.5. The Kier molecular flexibility index (Phi) is 11.2. The first kappa shape index (κ1) is 34.7. The first-order valence-electron chi connectivity index (χ1n) is 15.5. The Labute approximate surface area is 289 Å². The van der Waals surface area contributed by atoms with Gasteiger partial charge in [0, 0.05) is 53.0 Å². The predicted molar refractivity (Wildman–Crippen MR) is 185 cm³/mol. The summed E-state index contributed by atoms with van der Waals surface area (Å²) in [7, 11) is 3.01. The molecule has 0 aliphatic carbocycles. The summed E-state index contributed by atoms with van der Waals surface area (Å²) in [5, 5.41) is 3.72. The van der Waals surface area contributed by atoms with E-state index in [1.807, 2.05) is 44.2 Å². The molecular formula is C36H36Cl2N4O6. The summed E-state index contributed by atoms with van der Waals surface area (Å²) in [6.07, 6.45) is 2.96. The van der Waals surface area contributed by atoms with Crippen LogP contribution in [-0.2, 0) is 16.1 Å². The molecule has 1 N–H and O–H groups in total. The first-order chi connectivity index (χ1) is 23.1. The summed E-state index contributed by atoms with van der Waals surface area (Å²) < 4.78 is 16.6. The number of carbonyl (C=O) groups excluding carboxylic acids is 3. The molecule has 1 saturated heterocycles. The van der Waals surface area contributed by atoms with Gasteiger partial charge in [0.2, 0.25) is 11.8 Å². The number of aldehydes is 1. The van der Waals surface area contributed by atoms with Crippen molar-refractivity contribution in [1.29, 1.82) is 0 Å².